The lowest BCUT2D eigenvalue weighted by Crippen LogP contribution is -2.14. The van der Waals surface area contributed by atoms with Gasteiger partial charge in [-0.05, 0) is 12.5 Å². The number of carbonyl (C=O) groups excluding carboxylic acids is 1. The molecule has 3 N–H and O–H groups in total. The lowest BCUT2D eigenvalue weighted by molar-refractivity contribution is -0.119. The van der Waals surface area contributed by atoms with E-state index >= 15 is 0 Å². The highest BCUT2D eigenvalue weighted by atomic mass is 16.3. The zero-order valence-electron chi connectivity index (χ0n) is 7.53. The Kier molecular flexibility index (Phi) is 3.03. The lowest BCUT2D eigenvalue weighted by Gasteiger charge is -2.08. The molecule has 1 rings (SSSR count). The van der Waals surface area contributed by atoms with E-state index in [0.717, 1.165) is 11.1 Å². The molecule has 0 saturated carbocycles. The molecular weight excluding hydrogens is 166 g/mol. The first-order valence-electron chi connectivity index (χ1n) is 4.12. The Hall–Kier alpha value is -1.35. The number of amides is 1. The average Bonchev–Trinajstić information content (AvgIpc) is 2.04. The van der Waals surface area contributed by atoms with Crippen molar-refractivity contribution < 1.29 is 9.90 Å². The summed E-state index contributed by atoms with van der Waals surface area (Å²) in [5, 5.41) is 9.48. The van der Waals surface area contributed by atoms with Gasteiger partial charge >= 0.3 is 0 Å². The number of carbonyl (C=O) groups is 1. The summed E-state index contributed by atoms with van der Waals surface area (Å²) in [5.74, 6) is -0.493. The van der Waals surface area contributed by atoms with Crippen molar-refractivity contribution in [1.29, 1.82) is 0 Å². The molecule has 0 fully saturated rings. The van der Waals surface area contributed by atoms with Crippen LogP contribution in [0.15, 0.2) is 24.3 Å². The van der Waals surface area contributed by atoms with E-state index in [-0.39, 0.29) is 6.42 Å². The molecular formula is C10H13NO2. The molecule has 70 valence electrons. The molecule has 1 unspecified atom stereocenters. The summed E-state index contributed by atoms with van der Waals surface area (Å²) in [6.45, 7) is 1.96. The Labute approximate surface area is 77.2 Å². The van der Waals surface area contributed by atoms with Crippen LogP contribution in [0.3, 0.4) is 0 Å². The molecule has 3 heteroatoms. The van der Waals surface area contributed by atoms with Crippen LogP contribution in [0.25, 0.3) is 0 Å². The second-order valence-electron chi connectivity index (χ2n) is 3.10. The molecule has 0 aromatic heterocycles. The van der Waals surface area contributed by atoms with Crippen molar-refractivity contribution in [2.45, 2.75) is 19.4 Å². The number of hydrogen-bond acceptors (Lipinski definition) is 2. The van der Waals surface area contributed by atoms with Crippen molar-refractivity contribution in [3.05, 3.63) is 35.4 Å². The van der Waals surface area contributed by atoms with Crippen molar-refractivity contribution in [2.24, 2.45) is 5.73 Å². The molecule has 1 aromatic carbocycles. The van der Waals surface area contributed by atoms with E-state index in [1.807, 2.05) is 19.1 Å². The first-order valence-corrected chi connectivity index (χ1v) is 4.12. The Balaban J connectivity index is 2.71. The van der Waals surface area contributed by atoms with Gasteiger partial charge in [-0.25, -0.2) is 0 Å². The van der Waals surface area contributed by atoms with Gasteiger partial charge in [-0.1, -0.05) is 29.8 Å². The van der Waals surface area contributed by atoms with E-state index in [1.54, 1.807) is 12.1 Å². The summed E-state index contributed by atoms with van der Waals surface area (Å²) in [6, 6.07) is 7.37. The van der Waals surface area contributed by atoms with Crippen LogP contribution in [0.4, 0.5) is 0 Å². The van der Waals surface area contributed by atoms with Gasteiger partial charge in [0.05, 0.1) is 12.5 Å². The first-order chi connectivity index (χ1) is 6.09. The molecule has 0 heterocycles. The predicted octanol–water partition coefficient (Wildman–Crippen LogP) is 0.904. The van der Waals surface area contributed by atoms with E-state index in [0.29, 0.717) is 0 Å². The summed E-state index contributed by atoms with van der Waals surface area (Å²) in [4.78, 5) is 10.5. The number of aryl methyl sites for hydroxylation is 1. The van der Waals surface area contributed by atoms with Crippen LogP contribution in [-0.4, -0.2) is 11.0 Å². The normalized spacial score (nSPS) is 12.5. The van der Waals surface area contributed by atoms with E-state index in [9.17, 15) is 9.90 Å². The fourth-order valence-electron chi connectivity index (χ4n) is 1.10. The average molecular weight is 179 g/mol. The summed E-state index contributed by atoms with van der Waals surface area (Å²) in [5.41, 5.74) is 6.81. The quantitative estimate of drug-likeness (QED) is 0.724. The topological polar surface area (TPSA) is 63.3 Å². The maximum atomic E-state index is 10.5. The van der Waals surface area contributed by atoms with Crippen molar-refractivity contribution in [2.75, 3.05) is 0 Å². The highest BCUT2D eigenvalue weighted by Gasteiger charge is 2.09. The van der Waals surface area contributed by atoms with E-state index in [4.69, 9.17) is 5.73 Å². The van der Waals surface area contributed by atoms with Crippen molar-refractivity contribution >= 4 is 5.91 Å². The molecule has 0 saturated heterocycles. The van der Waals surface area contributed by atoms with Crippen LogP contribution in [0, 0.1) is 6.92 Å². The Morgan fingerprint density at radius 3 is 2.46 bits per heavy atom. The SMILES string of the molecule is Cc1ccc(C(O)CC(N)=O)cc1. The van der Waals surface area contributed by atoms with Gasteiger partial charge < -0.3 is 10.8 Å². The zero-order chi connectivity index (χ0) is 9.84. The number of aliphatic hydroxyl groups is 1. The predicted molar refractivity (Wildman–Crippen MR) is 50.0 cm³/mol. The van der Waals surface area contributed by atoms with Crippen molar-refractivity contribution in [3.8, 4) is 0 Å². The summed E-state index contributed by atoms with van der Waals surface area (Å²) in [6.07, 6.45) is -0.804. The molecule has 0 bridgehead atoms. The van der Waals surface area contributed by atoms with E-state index in [1.165, 1.54) is 0 Å². The number of rotatable bonds is 3. The molecule has 0 radical (unpaired) electrons. The number of hydrogen-bond donors (Lipinski definition) is 2. The zero-order valence-corrected chi connectivity index (χ0v) is 7.53. The summed E-state index contributed by atoms with van der Waals surface area (Å²) < 4.78 is 0. The molecule has 1 atom stereocenters. The minimum absolute atomic E-state index is 0.0247. The van der Waals surface area contributed by atoms with Crippen LogP contribution < -0.4 is 5.73 Å². The fourth-order valence-corrected chi connectivity index (χ4v) is 1.10. The van der Waals surface area contributed by atoms with Crippen LogP contribution >= 0.6 is 0 Å². The van der Waals surface area contributed by atoms with E-state index in [2.05, 4.69) is 0 Å². The third kappa shape index (κ3) is 2.87. The second-order valence-corrected chi connectivity index (χ2v) is 3.10. The van der Waals surface area contributed by atoms with Gasteiger partial charge in [0.25, 0.3) is 0 Å². The molecule has 0 aliphatic rings. The minimum Gasteiger partial charge on any atom is -0.388 e. The number of nitrogens with two attached hydrogens (primary N) is 1. The van der Waals surface area contributed by atoms with Crippen LogP contribution in [0.2, 0.25) is 0 Å². The Morgan fingerprint density at radius 1 is 1.46 bits per heavy atom. The third-order valence-corrected chi connectivity index (χ3v) is 1.86. The van der Waals surface area contributed by atoms with Gasteiger partial charge in [0.2, 0.25) is 5.91 Å². The highest BCUT2D eigenvalue weighted by molar-refractivity contribution is 5.74. The maximum absolute atomic E-state index is 10.5. The number of benzene rings is 1. The largest absolute Gasteiger partial charge is 0.388 e. The maximum Gasteiger partial charge on any atom is 0.220 e. The number of primary amides is 1. The number of aliphatic hydroxyl groups excluding tert-OH is 1. The van der Waals surface area contributed by atoms with Gasteiger partial charge in [-0.15, -0.1) is 0 Å². The van der Waals surface area contributed by atoms with Crippen molar-refractivity contribution in [3.63, 3.8) is 0 Å². The Bertz CT molecular complexity index is 292. The molecule has 1 amide bonds. The molecule has 0 aliphatic heterocycles. The van der Waals surface area contributed by atoms with Gasteiger partial charge in [0, 0.05) is 0 Å². The second kappa shape index (κ2) is 4.05. The molecule has 0 aliphatic carbocycles. The van der Waals surface area contributed by atoms with Crippen molar-refractivity contribution in [1.82, 2.24) is 0 Å². The van der Waals surface area contributed by atoms with Gasteiger partial charge in [-0.2, -0.15) is 0 Å². The van der Waals surface area contributed by atoms with Crippen LogP contribution in [0.5, 0.6) is 0 Å². The van der Waals surface area contributed by atoms with Gasteiger partial charge in [0.15, 0.2) is 0 Å². The minimum atomic E-state index is -0.780. The molecule has 3 nitrogen and oxygen atoms in total. The van der Waals surface area contributed by atoms with Crippen LogP contribution in [-0.2, 0) is 4.79 Å². The van der Waals surface area contributed by atoms with Gasteiger partial charge in [0.1, 0.15) is 0 Å². The molecule has 0 spiro atoms. The highest BCUT2D eigenvalue weighted by Crippen LogP contribution is 2.16. The molecule has 13 heavy (non-hydrogen) atoms. The van der Waals surface area contributed by atoms with E-state index < -0.39 is 12.0 Å². The Morgan fingerprint density at radius 2 is 2.00 bits per heavy atom. The smallest absolute Gasteiger partial charge is 0.220 e. The first kappa shape index (κ1) is 9.74. The lowest BCUT2D eigenvalue weighted by atomic mass is 10.1. The summed E-state index contributed by atoms with van der Waals surface area (Å²) >= 11 is 0. The summed E-state index contributed by atoms with van der Waals surface area (Å²) in [7, 11) is 0. The standard InChI is InChI=1S/C10H13NO2/c1-7-2-4-8(5-3-7)9(12)6-10(11)13/h2-5,9,12H,6H2,1H3,(H2,11,13). The van der Waals surface area contributed by atoms with Crippen LogP contribution in [0.1, 0.15) is 23.7 Å². The third-order valence-electron chi connectivity index (χ3n) is 1.86. The monoisotopic (exact) mass is 179 g/mol. The molecule has 1 aromatic rings. The fraction of sp³-hybridized carbons (Fsp3) is 0.300. The van der Waals surface area contributed by atoms with Gasteiger partial charge in [-0.3, -0.25) is 4.79 Å².